The van der Waals surface area contributed by atoms with Crippen LogP contribution in [0.3, 0.4) is 0 Å². The third-order valence-electron chi connectivity index (χ3n) is 2.96. The molecule has 0 aromatic carbocycles. The fraction of sp³-hybridized carbons (Fsp3) is 0.818. The molecule has 1 atom stereocenters. The number of nitrogens with zero attached hydrogens (tertiary/aromatic N) is 2. The van der Waals surface area contributed by atoms with Crippen LogP contribution in [0, 0.1) is 5.92 Å². The molecule has 98 valence electrons. The van der Waals surface area contributed by atoms with Gasteiger partial charge < -0.3 is 20.1 Å². The Morgan fingerprint density at radius 3 is 2.35 bits per heavy atom. The lowest BCUT2D eigenvalue weighted by atomic mass is 9.97. The van der Waals surface area contributed by atoms with Gasteiger partial charge in [0.1, 0.15) is 11.4 Å². The maximum Gasteiger partial charge on any atom is 0.346 e. The van der Waals surface area contributed by atoms with Crippen LogP contribution in [0.1, 0.15) is 20.8 Å². The summed E-state index contributed by atoms with van der Waals surface area (Å²) in [6.07, 6.45) is -0.628. The van der Waals surface area contributed by atoms with Crippen molar-refractivity contribution in [3.8, 4) is 0 Å². The Morgan fingerprint density at radius 2 is 1.94 bits per heavy atom. The molecular weight excluding hydrogens is 222 g/mol. The summed E-state index contributed by atoms with van der Waals surface area (Å²) in [5.74, 6) is 0.547. The maximum atomic E-state index is 11.8. The van der Waals surface area contributed by atoms with E-state index >= 15 is 0 Å². The molecule has 0 aromatic rings. The van der Waals surface area contributed by atoms with Crippen molar-refractivity contribution in [2.45, 2.75) is 32.6 Å². The maximum absolute atomic E-state index is 11.8. The van der Waals surface area contributed by atoms with E-state index in [1.165, 1.54) is 14.2 Å². The van der Waals surface area contributed by atoms with Gasteiger partial charge in [-0.1, -0.05) is 13.8 Å². The molecule has 1 unspecified atom stereocenters. The van der Waals surface area contributed by atoms with Crippen LogP contribution in [0.4, 0.5) is 4.79 Å². The Morgan fingerprint density at radius 1 is 1.41 bits per heavy atom. The van der Waals surface area contributed by atoms with Gasteiger partial charge in [-0.3, -0.25) is 0 Å². The van der Waals surface area contributed by atoms with Crippen molar-refractivity contribution in [3.63, 3.8) is 0 Å². The largest absolute Gasteiger partial charge is 0.385 e. The summed E-state index contributed by atoms with van der Waals surface area (Å²) in [6, 6.07) is -0.335. The van der Waals surface area contributed by atoms with E-state index in [4.69, 9.17) is 15.2 Å². The summed E-state index contributed by atoms with van der Waals surface area (Å²) >= 11 is 0. The molecule has 1 aliphatic rings. The topological polar surface area (TPSA) is 77.1 Å². The van der Waals surface area contributed by atoms with Crippen molar-refractivity contribution in [1.29, 1.82) is 0 Å². The summed E-state index contributed by atoms with van der Waals surface area (Å²) < 4.78 is 10.5. The number of ether oxygens (including phenoxy) is 2. The Labute approximate surface area is 102 Å². The Kier molecular flexibility index (Phi) is 4.11. The van der Waals surface area contributed by atoms with E-state index in [0.717, 1.165) is 0 Å². The molecule has 0 aliphatic carbocycles. The van der Waals surface area contributed by atoms with Crippen LogP contribution in [0.2, 0.25) is 0 Å². The molecule has 0 aromatic heterocycles. The molecular formula is C11H21N3O3. The van der Waals surface area contributed by atoms with Crippen LogP contribution >= 0.6 is 0 Å². The van der Waals surface area contributed by atoms with E-state index < -0.39 is 11.8 Å². The molecule has 2 amide bonds. The lowest BCUT2D eigenvalue weighted by Crippen LogP contribution is -2.61. The zero-order valence-corrected chi connectivity index (χ0v) is 11.1. The highest BCUT2D eigenvalue weighted by molar-refractivity contribution is 6.05. The van der Waals surface area contributed by atoms with E-state index in [-0.39, 0.29) is 11.9 Å². The van der Waals surface area contributed by atoms with Gasteiger partial charge in [0.25, 0.3) is 0 Å². The van der Waals surface area contributed by atoms with Crippen LogP contribution in [0.5, 0.6) is 0 Å². The monoisotopic (exact) mass is 243 g/mol. The summed E-state index contributed by atoms with van der Waals surface area (Å²) in [5.41, 5.74) is 5.01. The Balaban J connectivity index is 3.06. The highest BCUT2D eigenvalue weighted by atomic mass is 16.7. The zero-order chi connectivity index (χ0) is 13.2. The van der Waals surface area contributed by atoms with Crippen molar-refractivity contribution in [1.82, 2.24) is 4.90 Å². The van der Waals surface area contributed by atoms with Gasteiger partial charge in [-0.15, -0.1) is 0 Å². The highest BCUT2D eigenvalue weighted by Gasteiger charge is 2.51. The van der Waals surface area contributed by atoms with E-state index in [0.29, 0.717) is 12.5 Å². The number of amidine groups is 1. The fourth-order valence-electron chi connectivity index (χ4n) is 2.05. The quantitative estimate of drug-likeness (QED) is 0.725. The molecule has 1 heterocycles. The standard InChI is InChI=1S/C11H21N3O3/c1-7(2)6-14-10(15)13-8(12)11(14,3)9(16-4)17-5/h7,9H,6H2,1-5H3,(H2,12,13,15). The molecule has 0 spiro atoms. The second-order valence-corrected chi connectivity index (χ2v) is 4.73. The molecule has 6 heteroatoms. The number of urea groups is 1. The summed E-state index contributed by atoms with van der Waals surface area (Å²) in [4.78, 5) is 17.2. The number of amides is 2. The number of carbonyl (C=O) groups is 1. The molecule has 2 N–H and O–H groups in total. The number of nitrogens with two attached hydrogens (primary N) is 1. The molecule has 0 saturated heterocycles. The second-order valence-electron chi connectivity index (χ2n) is 4.73. The third kappa shape index (κ3) is 2.28. The minimum Gasteiger partial charge on any atom is -0.385 e. The zero-order valence-electron chi connectivity index (χ0n) is 11.1. The smallest absolute Gasteiger partial charge is 0.346 e. The predicted octanol–water partition coefficient (Wildman–Crippen LogP) is 0.813. The van der Waals surface area contributed by atoms with Crippen molar-refractivity contribution < 1.29 is 14.3 Å². The SMILES string of the molecule is COC(OC)C1(C)C(N)=NC(=O)N1CC(C)C. The van der Waals surface area contributed by atoms with Crippen LogP contribution in [0.25, 0.3) is 0 Å². The van der Waals surface area contributed by atoms with Gasteiger partial charge in [-0.2, -0.15) is 4.99 Å². The molecule has 0 fully saturated rings. The number of aliphatic imine (C=N–C) groups is 1. The number of carbonyl (C=O) groups excluding carboxylic acids is 1. The minimum absolute atomic E-state index is 0.233. The molecule has 0 bridgehead atoms. The first-order chi connectivity index (χ1) is 7.87. The summed E-state index contributed by atoms with van der Waals surface area (Å²) in [6.45, 7) is 6.41. The minimum atomic E-state index is -0.842. The fourth-order valence-corrected chi connectivity index (χ4v) is 2.05. The van der Waals surface area contributed by atoms with Gasteiger partial charge in [0.05, 0.1) is 0 Å². The van der Waals surface area contributed by atoms with Crippen LogP contribution in [0.15, 0.2) is 4.99 Å². The lowest BCUT2D eigenvalue weighted by molar-refractivity contribution is -0.152. The van der Waals surface area contributed by atoms with Gasteiger partial charge in [0.15, 0.2) is 6.29 Å². The van der Waals surface area contributed by atoms with Crippen molar-refractivity contribution in [2.24, 2.45) is 16.6 Å². The van der Waals surface area contributed by atoms with Crippen molar-refractivity contribution >= 4 is 11.9 Å². The van der Waals surface area contributed by atoms with Crippen LogP contribution < -0.4 is 5.73 Å². The molecule has 0 saturated carbocycles. The number of rotatable bonds is 5. The number of hydrogen-bond acceptors (Lipinski definition) is 4. The molecule has 1 rings (SSSR count). The average molecular weight is 243 g/mol. The van der Waals surface area contributed by atoms with Crippen molar-refractivity contribution in [3.05, 3.63) is 0 Å². The summed E-state index contributed by atoms with van der Waals surface area (Å²) in [5, 5.41) is 0. The van der Waals surface area contributed by atoms with Crippen LogP contribution in [-0.4, -0.2) is 49.4 Å². The normalized spacial score (nSPS) is 25.0. The number of hydrogen-bond donors (Lipinski definition) is 1. The van der Waals surface area contributed by atoms with Gasteiger partial charge >= 0.3 is 6.03 Å². The first-order valence-electron chi connectivity index (χ1n) is 5.59. The predicted molar refractivity (Wildman–Crippen MR) is 64.8 cm³/mol. The van der Waals surface area contributed by atoms with E-state index in [2.05, 4.69) is 4.99 Å². The first kappa shape index (κ1) is 13.9. The molecule has 6 nitrogen and oxygen atoms in total. The van der Waals surface area contributed by atoms with Crippen molar-refractivity contribution in [2.75, 3.05) is 20.8 Å². The van der Waals surface area contributed by atoms with E-state index in [1.807, 2.05) is 13.8 Å². The molecule has 1 aliphatic heterocycles. The molecule has 0 radical (unpaired) electrons. The van der Waals surface area contributed by atoms with E-state index in [1.54, 1.807) is 11.8 Å². The van der Waals surface area contributed by atoms with E-state index in [9.17, 15) is 4.79 Å². The van der Waals surface area contributed by atoms with Gasteiger partial charge in [-0.25, -0.2) is 4.79 Å². The van der Waals surface area contributed by atoms with Gasteiger partial charge in [0.2, 0.25) is 0 Å². The molecule has 17 heavy (non-hydrogen) atoms. The first-order valence-corrected chi connectivity index (χ1v) is 5.59. The second kappa shape index (κ2) is 5.01. The Bertz CT molecular complexity index is 326. The number of methoxy groups -OCH3 is 2. The van der Waals surface area contributed by atoms with Crippen LogP contribution in [-0.2, 0) is 9.47 Å². The van der Waals surface area contributed by atoms with Gasteiger partial charge in [-0.05, 0) is 12.8 Å². The lowest BCUT2D eigenvalue weighted by Gasteiger charge is -2.39. The third-order valence-corrected chi connectivity index (χ3v) is 2.96. The van der Waals surface area contributed by atoms with Gasteiger partial charge in [0, 0.05) is 20.8 Å². The Hall–Kier alpha value is -1.14. The average Bonchev–Trinajstić information content (AvgIpc) is 2.44. The summed E-state index contributed by atoms with van der Waals surface area (Å²) in [7, 11) is 3.03. The highest BCUT2D eigenvalue weighted by Crippen LogP contribution is 2.29.